The Morgan fingerprint density at radius 2 is 1.76 bits per heavy atom. The first-order valence-corrected chi connectivity index (χ1v) is 5.09. The van der Waals surface area contributed by atoms with E-state index in [9.17, 15) is 17.6 Å². The molecule has 0 bridgehead atoms. The third-order valence-electron chi connectivity index (χ3n) is 1.92. The predicted octanol–water partition coefficient (Wildman–Crippen LogP) is 2.34. The summed E-state index contributed by atoms with van der Waals surface area (Å²) in [4.78, 5) is 0. The van der Waals surface area contributed by atoms with Gasteiger partial charge in [0.05, 0.1) is 6.61 Å². The zero-order valence-corrected chi connectivity index (χ0v) is 9.06. The van der Waals surface area contributed by atoms with Gasteiger partial charge < -0.3 is 10.1 Å². The van der Waals surface area contributed by atoms with Crippen LogP contribution < -0.4 is 5.32 Å². The van der Waals surface area contributed by atoms with E-state index in [-0.39, 0.29) is 13.2 Å². The van der Waals surface area contributed by atoms with Crippen LogP contribution in [0.2, 0.25) is 0 Å². The summed E-state index contributed by atoms with van der Waals surface area (Å²) in [6.07, 6.45) is -2.48. The van der Waals surface area contributed by atoms with Gasteiger partial charge in [0.2, 0.25) is 0 Å². The first kappa shape index (κ1) is 13.9. The summed E-state index contributed by atoms with van der Waals surface area (Å²) in [6, 6.07) is 3.20. The molecule has 0 aliphatic heterocycles. The summed E-state index contributed by atoms with van der Waals surface area (Å²) in [7, 11) is 0. The minimum atomic E-state index is -2.48. The number of rotatable bonds is 7. The average Bonchev–Trinajstić information content (AvgIpc) is 2.21. The molecule has 0 aliphatic rings. The van der Waals surface area contributed by atoms with Crippen molar-refractivity contribution in [3.63, 3.8) is 0 Å². The normalized spacial score (nSPS) is 11.1. The Morgan fingerprint density at radius 3 is 2.35 bits per heavy atom. The van der Waals surface area contributed by atoms with Gasteiger partial charge in [-0.3, -0.25) is 0 Å². The lowest BCUT2D eigenvalue weighted by molar-refractivity contribution is 0.0187. The molecule has 2 nitrogen and oxygen atoms in total. The molecule has 0 spiro atoms. The van der Waals surface area contributed by atoms with Crippen molar-refractivity contribution in [2.24, 2.45) is 0 Å². The average molecular weight is 251 g/mol. The highest BCUT2D eigenvalue weighted by molar-refractivity contribution is 5.17. The van der Waals surface area contributed by atoms with E-state index in [0.717, 1.165) is 6.07 Å². The molecule has 0 heterocycles. The van der Waals surface area contributed by atoms with E-state index in [4.69, 9.17) is 0 Å². The molecule has 0 unspecified atom stereocenters. The van der Waals surface area contributed by atoms with Gasteiger partial charge in [-0.05, 0) is 17.7 Å². The second-order valence-electron chi connectivity index (χ2n) is 3.42. The molecule has 96 valence electrons. The van der Waals surface area contributed by atoms with E-state index < -0.39 is 24.7 Å². The molecule has 0 radical (unpaired) electrons. The van der Waals surface area contributed by atoms with Gasteiger partial charge in [-0.15, -0.1) is 0 Å². The molecule has 6 heteroatoms. The minimum absolute atomic E-state index is 0.127. The fraction of sp³-hybridized carbons (Fsp3) is 0.455. The molecular formula is C11H13F4NO. The maximum Gasteiger partial charge on any atom is 0.261 e. The zero-order chi connectivity index (χ0) is 12.7. The van der Waals surface area contributed by atoms with Crippen LogP contribution in [0.25, 0.3) is 0 Å². The second kappa shape index (κ2) is 7.24. The Bertz CT molecular complexity index is 326. The highest BCUT2D eigenvalue weighted by atomic mass is 19.3. The number of nitrogens with one attached hydrogen (secondary N) is 1. The van der Waals surface area contributed by atoms with Crippen molar-refractivity contribution in [3.8, 4) is 0 Å². The van der Waals surface area contributed by atoms with Crippen LogP contribution in [0.3, 0.4) is 0 Å². The summed E-state index contributed by atoms with van der Waals surface area (Å²) >= 11 is 0. The van der Waals surface area contributed by atoms with Crippen molar-refractivity contribution < 1.29 is 22.3 Å². The standard InChI is InChI=1S/C11H13F4NO/c12-9-3-8(4-10(13)5-9)6-16-1-2-17-7-11(14)15/h3-5,11,16H,1-2,6-7H2. The lowest BCUT2D eigenvalue weighted by atomic mass is 10.2. The van der Waals surface area contributed by atoms with Crippen LogP contribution in [0.1, 0.15) is 5.56 Å². The zero-order valence-electron chi connectivity index (χ0n) is 9.06. The van der Waals surface area contributed by atoms with Crippen molar-refractivity contribution in [2.45, 2.75) is 13.0 Å². The number of benzene rings is 1. The van der Waals surface area contributed by atoms with Crippen LogP contribution in [0.15, 0.2) is 18.2 Å². The Kier molecular flexibility index (Phi) is 5.93. The van der Waals surface area contributed by atoms with Gasteiger partial charge in [-0.25, -0.2) is 17.6 Å². The van der Waals surface area contributed by atoms with Crippen LogP contribution in [-0.2, 0) is 11.3 Å². The van der Waals surface area contributed by atoms with Gasteiger partial charge in [0, 0.05) is 19.2 Å². The van der Waals surface area contributed by atoms with Crippen LogP contribution in [0.5, 0.6) is 0 Å². The van der Waals surface area contributed by atoms with Crippen LogP contribution in [-0.4, -0.2) is 26.2 Å². The summed E-state index contributed by atoms with van der Waals surface area (Å²) in [5.41, 5.74) is 0.455. The largest absolute Gasteiger partial charge is 0.374 e. The lowest BCUT2D eigenvalue weighted by Crippen LogP contribution is -2.20. The van der Waals surface area contributed by atoms with Gasteiger partial charge in [0.25, 0.3) is 6.43 Å². The van der Waals surface area contributed by atoms with Gasteiger partial charge in [0.15, 0.2) is 0 Å². The fourth-order valence-corrected chi connectivity index (χ4v) is 1.26. The van der Waals surface area contributed by atoms with Crippen LogP contribution in [0.4, 0.5) is 17.6 Å². The molecule has 0 amide bonds. The monoisotopic (exact) mass is 251 g/mol. The highest BCUT2D eigenvalue weighted by Gasteiger charge is 2.02. The second-order valence-corrected chi connectivity index (χ2v) is 3.42. The quantitative estimate of drug-likeness (QED) is 0.593. The number of hydrogen-bond donors (Lipinski definition) is 1. The van der Waals surface area contributed by atoms with Gasteiger partial charge in [-0.2, -0.15) is 0 Å². The Hall–Kier alpha value is -1.14. The topological polar surface area (TPSA) is 21.3 Å². The van der Waals surface area contributed by atoms with E-state index in [2.05, 4.69) is 10.1 Å². The summed E-state index contributed by atoms with van der Waals surface area (Å²) in [5.74, 6) is -1.29. The minimum Gasteiger partial charge on any atom is -0.374 e. The van der Waals surface area contributed by atoms with E-state index >= 15 is 0 Å². The Labute approximate surface area is 96.6 Å². The molecule has 0 aromatic heterocycles. The molecule has 0 atom stereocenters. The molecule has 1 aromatic rings. The number of hydrogen-bond acceptors (Lipinski definition) is 2. The van der Waals surface area contributed by atoms with E-state index in [1.807, 2.05) is 0 Å². The Morgan fingerprint density at radius 1 is 1.12 bits per heavy atom. The fourth-order valence-electron chi connectivity index (χ4n) is 1.26. The summed E-state index contributed by atoms with van der Waals surface area (Å²) < 4.78 is 53.5. The van der Waals surface area contributed by atoms with Gasteiger partial charge in [-0.1, -0.05) is 0 Å². The molecule has 0 saturated heterocycles. The van der Waals surface area contributed by atoms with Crippen molar-refractivity contribution in [1.82, 2.24) is 5.32 Å². The van der Waals surface area contributed by atoms with E-state index in [1.165, 1.54) is 12.1 Å². The molecule has 17 heavy (non-hydrogen) atoms. The first-order chi connectivity index (χ1) is 8.08. The van der Waals surface area contributed by atoms with Crippen molar-refractivity contribution in [1.29, 1.82) is 0 Å². The molecule has 0 aliphatic carbocycles. The van der Waals surface area contributed by atoms with Crippen molar-refractivity contribution >= 4 is 0 Å². The molecule has 0 saturated carbocycles. The molecule has 1 aromatic carbocycles. The lowest BCUT2D eigenvalue weighted by Gasteiger charge is -2.06. The Balaban J connectivity index is 2.18. The third-order valence-corrected chi connectivity index (χ3v) is 1.92. The molecule has 0 fully saturated rings. The first-order valence-electron chi connectivity index (χ1n) is 5.09. The van der Waals surface area contributed by atoms with Crippen LogP contribution in [0, 0.1) is 11.6 Å². The maximum absolute atomic E-state index is 12.8. The summed E-state index contributed by atoms with van der Waals surface area (Å²) in [5, 5.41) is 2.83. The highest BCUT2D eigenvalue weighted by Crippen LogP contribution is 2.07. The van der Waals surface area contributed by atoms with E-state index in [0.29, 0.717) is 12.1 Å². The van der Waals surface area contributed by atoms with Gasteiger partial charge in [0.1, 0.15) is 18.2 Å². The number of alkyl halides is 2. The SMILES string of the molecule is Fc1cc(F)cc(CNCCOCC(F)F)c1. The van der Waals surface area contributed by atoms with Gasteiger partial charge >= 0.3 is 0 Å². The van der Waals surface area contributed by atoms with E-state index in [1.54, 1.807) is 0 Å². The van der Waals surface area contributed by atoms with Crippen molar-refractivity contribution in [2.75, 3.05) is 19.8 Å². The molecular weight excluding hydrogens is 238 g/mol. The summed E-state index contributed by atoms with van der Waals surface area (Å²) in [6.45, 7) is 0.121. The smallest absolute Gasteiger partial charge is 0.261 e. The van der Waals surface area contributed by atoms with Crippen LogP contribution >= 0.6 is 0 Å². The van der Waals surface area contributed by atoms with Crippen molar-refractivity contribution in [3.05, 3.63) is 35.4 Å². The number of halogens is 4. The maximum atomic E-state index is 12.8. The molecule has 1 N–H and O–H groups in total. The number of ether oxygens (including phenoxy) is 1. The predicted molar refractivity (Wildman–Crippen MR) is 54.9 cm³/mol. The molecule has 1 rings (SSSR count). The third kappa shape index (κ3) is 6.23.